The predicted octanol–water partition coefficient (Wildman–Crippen LogP) is 3.36. The van der Waals surface area contributed by atoms with Gasteiger partial charge in [0.25, 0.3) is 0 Å². The molecule has 2 aromatic carbocycles. The number of amides is 1. The fraction of sp³-hybridized carbons (Fsp3) is 0.211. The Morgan fingerprint density at radius 2 is 1.96 bits per heavy atom. The number of hydrogen-bond donors (Lipinski definition) is 2. The lowest BCUT2D eigenvalue weighted by atomic mass is 10.1. The summed E-state index contributed by atoms with van der Waals surface area (Å²) in [6, 6.07) is 17.0. The molecule has 2 N–H and O–H groups in total. The molecule has 0 spiro atoms. The van der Waals surface area contributed by atoms with E-state index in [0.29, 0.717) is 10.8 Å². The molecule has 0 aliphatic carbocycles. The minimum Gasteiger partial charge on any atom is -0.389 e. The second kappa shape index (κ2) is 8.16. The van der Waals surface area contributed by atoms with Crippen LogP contribution in [0.2, 0.25) is 0 Å². The Balaban J connectivity index is 1.67. The third-order valence-electron chi connectivity index (χ3n) is 3.79. The van der Waals surface area contributed by atoms with Gasteiger partial charge in [-0.3, -0.25) is 9.36 Å². The lowest BCUT2D eigenvalue weighted by Crippen LogP contribution is -2.14. The number of para-hydroxylation sites is 1. The van der Waals surface area contributed by atoms with Crippen molar-refractivity contribution in [2.24, 2.45) is 0 Å². The summed E-state index contributed by atoms with van der Waals surface area (Å²) < 4.78 is 1.92. The van der Waals surface area contributed by atoms with E-state index in [1.54, 1.807) is 25.1 Å². The number of aliphatic hydroxyl groups is 1. The van der Waals surface area contributed by atoms with E-state index >= 15 is 0 Å². The number of aryl methyl sites for hydroxylation is 1. The van der Waals surface area contributed by atoms with Crippen LogP contribution in [0.1, 0.15) is 24.4 Å². The number of anilines is 1. The van der Waals surface area contributed by atoms with E-state index in [4.69, 9.17) is 0 Å². The van der Waals surface area contributed by atoms with Crippen LogP contribution in [0.25, 0.3) is 5.69 Å². The second-order valence-electron chi connectivity index (χ2n) is 5.84. The summed E-state index contributed by atoms with van der Waals surface area (Å²) in [6.45, 7) is 3.57. The van der Waals surface area contributed by atoms with Gasteiger partial charge < -0.3 is 10.4 Å². The average Bonchev–Trinajstić information content (AvgIpc) is 3.01. The molecule has 0 saturated heterocycles. The largest absolute Gasteiger partial charge is 0.389 e. The first kappa shape index (κ1) is 18.2. The van der Waals surface area contributed by atoms with E-state index in [-0.39, 0.29) is 11.7 Å². The molecule has 6 nitrogen and oxygen atoms in total. The quantitative estimate of drug-likeness (QED) is 0.652. The molecule has 0 aliphatic heterocycles. The highest BCUT2D eigenvalue weighted by Crippen LogP contribution is 2.22. The monoisotopic (exact) mass is 368 g/mol. The number of benzene rings is 2. The third-order valence-corrected chi connectivity index (χ3v) is 4.72. The smallest absolute Gasteiger partial charge is 0.234 e. The molecule has 0 fully saturated rings. The van der Waals surface area contributed by atoms with Crippen LogP contribution in [0.15, 0.2) is 59.8 Å². The lowest BCUT2D eigenvalue weighted by Gasteiger charge is -2.10. The van der Waals surface area contributed by atoms with Crippen LogP contribution < -0.4 is 5.32 Å². The second-order valence-corrected chi connectivity index (χ2v) is 6.78. The maximum atomic E-state index is 12.3. The standard InChI is InChI=1S/C19H20N4O2S/c1-13(24)15-7-6-8-16(11-15)20-18(25)12-26-19-22-21-14(2)23(19)17-9-4-3-5-10-17/h3-11,13,24H,12H2,1-2H3,(H,20,25)/t13-/m1/s1. The fourth-order valence-electron chi connectivity index (χ4n) is 2.51. The molecule has 1 heterocycles. The predicted molar refractivity (Wildman–Crippen MR) is 103 cm³/mol. The Bertz CT molecular complexity index is 894. The Kier molecular flexibility index (Phi) is 5.70. The normalized spacial score (nSPS) is 12.0. The summed E-state index contributed by atoms with van der Waals surface area (Å²) in [4.78, 5) is 12.3. The molecule has 3 aromatic rings. The molecule has 0 bridgehead atoms. The first-order valence-electron chi connectivity index (χ1n) is 8.22. The maximum Gasteiger partial charge on any atom is 0.234 e. The summed E-state index contributed by atoms with van der Waals surface area (Å²) >= 11 is 1.33. The molecule has 0 aliphatic rings. The highest BCUT2D eigenvalue weighted by atomic mass is 32.2. The number of aromatic nitrogens is 3. The van der Waals surface area contributed by atoms with Crippen LogP contribution in [0.3, 0.4) is 0 Å². The molecule has 0 radical (unpaired) electrons. The van der Waals surface area contributed by atoms with Crippen molar-refractivity contribution in [1.82, 2.24) is 14.8 Å². The van der Waals surface area contributed by atoms with Crippen LogP contribution in [-0.2, 0) is 4.79 Å². The van der Waals surface area contributed by atoms with E-state index in [2.05, 4.69) is 15.5 Å². The van der Waals surface area contributed by atoms with Crippen molar-refractivity contribution in [2.45, 2.75) is 25.1 Å². The maximum absolute atomic E-state index is 12.3. The van der Waals surface area contributed by atoms with Gasteiger partial charge in [0.2, 0.25) is 5.91 Å². The van der Waals surface area contributed by atoms with E-state index < -0.39 is 6.10 Å². The van der Waals surface area contributed by atoms with E-state index in [0.717, 1.165) is 17.1 Å². The lowest BCUT2D eigenvalue weighted by molar-refractivity contribution is -0.113. The number of aliphatic hydroxyl groups excluding tert-OH is 1. The number of carbonyl (C=O) groups excluding carboxylic acids is 1. The minimum absolute atomic E-state index is 0.141. The van der Waals surface area contributed by atoms with Crippen molar-refractivity contribution in [1.29, 1.82) is 0 Å². The van der Waals surface area contributed by atoms with Crippen LogP contribution in [0.5, 0.6) is 0 Å². The van der Waals surface area contributed by atoms with Crippen molar-refractivity contribution < 1.29 is 9.90 Å². The zero-order valence-electron chi connectivity index (χ0n) is 14.6. The highest BCUT2D eigenvalue weighted by Gasteiger charge is 2.13. The first-order valence-corrected chi connectivity index (χ1v) is 9.21. The molecule has 0 saturated carbocycles. The number of carbonyl (C=O) groups is 1. The van der Waals surface area contributed by atoms with Crippen molar-refractivity contribution in [3.63, 3.8) is 0 Å². The molecule has 0 unspecified atom stereocenters. The topological polar surface area (TPSA) is 80.0 Å². The molecule has 7 heteroatoms. The van der Waals surface area contributed by atoms with Crippen molar-refractivity contribution in [3.8, 4) is 5.69 Å². The summed E-state index contributed by atoms with van der Waals surface area (Å²) in [6.07, 6.45) is -0.575. The zero-order chi connectivity index (χ0) is 18.5. The summed E-state index contributed by atoms with van der Waals surface area (Å²) in [5, 5.41) is 21.4. The Labute approximate surface area is 156 Å². The van der Waals surface area contributed by atoms with Gasteiger partial charge in [0.15, 0.2) is 5.16 Å². The van der Waals surface area contributed by atoms with Crippen LogP contribution in [0.4, 0.5) is 5.69 Å². The van der Waals surface area contributed by atoms with Crippen molar-refractivity contribution >= 4 is 23.4 Å². The van der Waals surface area contributed by atoms with E-state index in [1.165, 1.54) is 11.8 Å². The molecular weight excluding hydrogens is 348 g/mol. The van der Waals surface area contributed by atoms with Crippen LogP contribution in [0, 0.1) is 6.92 Å². The number of hydrogen-bond acceptors (Lipinski definition) is 5. The summed E-state index contributed by atoms with van der Waals surface area (Å²) in [5.74, 6) is 0.839. The van der Waals surface area contributed by atoms with E-state index in [9.17, 15) is 9.90 Å². The van der Waals surface area contributed by atoms with Gasteiger partial charge in [0, 0.05) is 11.4 Å². The molecule has 1 aromatic heterocycles. The van der Waals surface area contributed by atoms with Gasteiger partial charge in [0.05, 0.1) is 11.9 Å². The van der Waals surface area contributed by atoms with Gasteiger partial charge in [-0.15, -0.1) is 10.2 Å². The molecular formula is C19H20N4O2S. The zero-order valence-corrected chi connectivity index (χ0v) is 15.4. The first-order chi connectivity index (χ1) is 12.5. The van der Waals surface area contributed by atoms with Gasteiger partial charge in [0.1, 0.15) is 5.82 Å². The van der Waals surface area contributed by atoms with Gasteiger partial charge in [-0.25, -0.2) is 0 Å². The Morgan fingerprint density at radius 1 is 1.19 bits per heavy atom. The van der Waals surface area contributed by atoms with Crippen molar-refractivity contribution in [3.05, 3.63) is 66.0 Å². The van der Waals surface area contributed by atoms with Gasteiger partial charge in [-0.1, -0.05) is 42.1 Å². The summed E-state index contributed by atoms with van der Waals surface area (Å²) in [7, 11) is 0. The molecule has 3 rings (SSSR count). The highest BCUT2D eigenvalue weighted by molar-refractivity contribution is 7.99. The minimum atomic E-state index is -0.575. The number of rotatable bonds is 6. The van der Waals surface area contributed by atoms with Crippen molar-refractivity contribution in [2.75, 3.05) is 11.1 Å². The SMILES string of the molecule is Cc1nnc(SCC(=O)Nc2cccc([C@@H](C)O)c2)n1-c1ccccc1. The Hall–Kier alpha value is -2.64. The molecule has 1 amide bonds. The molecule has 134 valence electrons. The number of nitrogens with zero attached hydrogens (tertiary/aromatic N) is 3. The van der Waals surface area contributed by atoms with Gasteiger partial charge in [-0.05, 0) is 43.7 Å². The third kappa shape index (κ3) is 4.30. The Morgan fingerprint density at radius 3 is 2.69 bits per heavy atom. The number of thioether (sulfide) groups is 1. The van der Waals surface area contributed by atoms with E-state index in [1.807, 2.05) is 47.9 Å². The fourth-order valence-corrected chi connectivity index (χ4v) is 3.31. The van der Waals surface area contributed by atoms with Crippen LogP contribution in [-0.4, -0.2) is 31.5 Å². The van der Waals surface area contributed by atoms with Gasteiger partial charge in [-0.2, -0.15) is 0 Å². The van der Waals surface area contributed by atoms with Crippen LogP contribution >= 0.6 is 11.8 Å². The molecule has 26 heavy (non-hydrogen) atoms. The summed E-state index contributed by atoms with van der Waals surface area (Å²) in [5.41, 5.74) is 2.38. The molecule has 1 atom stereocenters. The number of nitrogens with one attached hydrogen (secondary N) is 1. The van der Waals surface area contributed by atoms with Gasteiger partial charge >= 0.3 is 0 Å². The average molecular weight is 368 g/mol.